The molecule has 1 aromatic carbocycles. The number of nitrogens with zero attached hydrogens (tertiary/aromatic N) is 1. The van der Waals surface area contributed by atoms with Crippen molar-refractivity contribution in [2.75, 3.05) is 5.73 Å². The Morgan fingerprint density at radius 2 is 2.05 bits per heavy atom. The minimum atomic E-state index is -0.192. The predicted octanol–water partition coefficient (Wildman–Crippen LogP) is 3.66. The van der Waals surface area contributed by atoms with Gasteiger partial charge in [0.1, 0.15) is 0 Å². The van der Waals surface area contributed by atoms with Crippen molar-refractivity contribution >= 4 is 17.3 Å². The zero-order valence-electron chi connectivity index (χ0n) is 12.6. The Hall–Kier alpha value is -2.10. The molecule has 0 radical (unpaired) electrons. The Morgan fingerprint density at radius 1 is 1.29 bits per heavy atom. The minimum Gasteiger partial charge on any atom is -0.399 e. The molecule has 0 unspecified atom stereocenters. The highest BCUT2D eigenvalue weighted by atomic mass is 16.2. The molecule has 0 saturated heterocycles. The smallest absolute Gasteiger partial charge is 0.271 e. The number of hydrogen-bond donors (Lipinski definition) is 2. The molecule has 0 aromatic heterocycles. The van der Waals surface area contributed by atoms with Crippen molar-refractivity contribution in [3.05, 3.63) is 41.5 Å². The van der Waals surface area contributed by atoms with Crippen molar-refractivity contribution in [1.82, 2.24) is 5.43 Å². The van der Waals surface area contributed by atoms with Crippen molar-refractivity contribution in [1.29, 1.82) is 0 Å². The van der Waals surface area contributed by atoms with Crippen LogP contribution in [0.4, 0.5) is 5.69 Å². The van der Waals surface area contributed by atoms with E-state index in [9.17, 15) is 4.79 Å². The van der Waals surface area contributed by atoms with Gasteiger partial charge in [-0.15, -0.1) is 0 Å². The average Bonchev–Trinajstić information content (AvgIpc) is 2.93. The molecule has 21 heavy (non-hydrogen) atoms. The highest BCUT2D eigenvalue weighted by Crippen LogP contribution is 2.21. The van der Waals surface area contributed by atoms with Crippen molar-refractivity contribution in [2.24, 2.45) is 5.10 Å². The van der Waals surface area contributed by atoms with Gasteiger partial charge in [0.25, 0.3) is 5.91 Å². The summed E-state index contributed by atoms with van der Waals surface area (Å²) in [4.78, 5) is 12.0. The Kier molecular flexibility index (Phi) is 5.55. The predicted molar refractivity (Wildman–Crippen MR) is 87.2 cm³/mol. The summed E-state index contributed by atoms with van der Waals surface area (Å²) in [5, 5.41) is 4.30. The van der Waals surface area contributed by atoms with Gasteiger partial charge in [-0.1, -0.05) is 25.8 Å². The van der Waals surface area contributed by atoms with Crippen LogP contribution >= 0.6 is 0 Å². The molecule has 1 aliphatic rings. The van der Waals surface area contributed by atoms with Crippen LogP contribution in [-0.2, 0) is 0 Å². The van der Waals surface area contributed by atoms with E-state index in [0.717, 1.165) is 25.0 Å². The second kappa shape index (κ2) is 7.62. The minimum absolute atomic E-state index is 0.192. The van der Waals surface area contributed by atoms with E-state index in [-0.39, 0.29) is 5.91 Å². The molecule has 2 rings (SSSR count). The van der Waals surface area contributed by atoms with Crippen molar-refractivity contribution in [3.63, 3.8) is 0 Å². The number of anilines is 1. The zero-order valence-corrected chi connectivity index (χ0v) is 12.6. The van der Waals surface area contributed by atoms with Crippen LogP contribution in [0.25, 0.3) is 0 Å². The maximum atomic E-state index is 12.0. The van der Waals surface area contributed by atoms with Crippen LogP contribution in [0.2, 0.25) is 0 Å². The summed E-state index contributed by atoms with van der Waals surface area (Å²) in [6, 6.07) is 6.84. The van der Waals surface area contributed by atoms with E-state index in [1.165, 1.54) is 24.8 Å². The van der Waals surface area contributed by atoms with Crippen molar-refractivity contribution in [2.45, 2.75) is 45.4 Å². The van der Waals surface area contributed by atoms with Crippen molar-refractivity contribution < 1.29 is 4.79 Å². The summed E-state index contributed by atoms with van der Waals surface area (Å²) >= 11 is 0. The fourth-order valence-electron chi connectivity index (χ4n) is 2.42. The van der Waals surface area contributed by atoms with E-state index in [1.807, 2.05) is 0 Å². The van der Waals surface area contributed by atoms with Gasteiger partial charge in [-0.3, -0.25) is 4.79 Å². The molecular weight excluding hydrogens is 262 g/mol. The van der Waals surface area contributed by atoms with Gasteiger partial charge in [-0.25, -0.2) is 5.43 Å². The quantitative estimate of drug-likeness (QED) is 0.476. The van der Waals surface area contributed by atoms with Gasteiger partial charge in [-0.2, -0.15) is 5.10 Å². The number of carbonyl (C=O) groups excluding carboxylic acids is 1. The summed E-state index contributed by atoms with van der Waals surface area (Å²) < 4.78 is 0. The Bertz CT molecular complexity index is 544. The third kappa shape index (κ3) is 4.45. The zero-order chi connectivity index (χ0) is 15.1. The molecule has 0 spiro atoms. The second-order valence-electron chi connectivity index (χ2n) is 5.35. The fraction of sp³-hybridized carbons (Fsp3) is 0.412. The monoisotopic (exact) mass is 285 g/mol. The Labute approximate surface area is 126 Å². The maximum absolute atomic E-state index is 12.0. The third-order valence-corrected chi connectivity index (χ3v) is 3.66. The van der Waals surface area contributed by atoms with Gasteiger partial charge in [0.05, 0.1) is 5.71 Å². The van der Waals surface area contributed by atoms with Gasteiger partial charge in [0.15, 0.2) is 0 Å². The average molecular weight is 285 g/mol. The molecule has 0 atom stereocenters. The van der Waals surface area contributed by atoms with E-state index in [4.69, 9.17) is 5.73 Å². The number of amides is 1. The number of nitrogens with two attached hydrogens (primary N) is 1. The fourth-order valence-corrected chi connectivity index (χ4v) is 2.42. The molecule has 1 aromatic rings. The van der Waals surface area contributed by atoms with Gasteiger partial charge >= 0.3 is 0 Å². The summed E-state index contributed by atoms with van der Waals surface area (Å²) in [6.07, 6.45) is 8.89. The van der Waals surface area contributed by atoms with Crippen LogP contribution in [0.15, 0.2) is 41.0 Å². The number of unbranched alkanes of at least 4 members (excludes halogenated alkanes) is 2. The Balaban J connectivity index is 1.92. The van der Waals surface area contributed by atoms with Crippen LogP contribution in [0.1, 0.15) is 55.8 Å². The van der Waals surface area contributed by atoms with Gasteiger partial charge < -0.3 is 5.73 Å². The van der Waals surface area contributed by atoms with Crippen LogP contribution in [0.5, 0.6) is 0 Å². The van der Waals surface area contributed by atoms with Crippen LogP contribution in [0, 0.1) is 0 Å². The number of hydrogen-bond acceptors (Lipinski definition) is 3. The Morgan fingerprint density at radius 3 is 2.76 bits per heavy atom. The molecule has 0 aliphatic heterocycles. The maximum Gasteiger partial charge on any atom is 0.271 e. The van der Waals surface area contributed by atoms with Crippen LogP contribution in [0.3, 0.4) is 0 Å². The van der Waals surface area contributed by atoms with Gasteiger partial charge in [0, 0.05) is 11.3 Å². The van der Waals surface area contributed by atoms with Gasteiger partial charge in [-0.05, 0) is 55.5 Å². The molecule has 4 nitrogen and oxygen atoms in total. The number of nitrogens with one attached hydrogen (secondary N) is 1. The molecular formula is C17H23N3O. The largest absolute Gasteiger partial charge is 0.399 e. The van der Waals surface area contributed by atoms with Gasteiger partial charge in [0.2, 0.25) is 0 Å². The molecule has 4 heteroatoms. The molecule has 0 saturated carbocycles. The number of hydrazone groups is 1. The van der Waals surface area contributed by atoms with Crippen molar-refractivity contribution in [3.8, 4) is 0 Å². The molecule has 3 N–H and O–H groups in total. The lowest BCUT2D eigenvalue weighted by atomic mass is 10.1. The molecule has 0 fully saturated rings. The van der Waals surface area contributed by atoms with E-state index in [1.54, 1.807) is 24.3 Å². The number of benzene rings is 1. The molecule has 1 aliphatic carbocycles. The van der Waals surface area contributed by atoms with E-state index in [0.29, 0.717) is 11.3 Å². The topological polar surface area (TPSA) is 67.5 Å². The second-order valence-corrected chi connectivity index (χ2v) is 5.35. The highest BCUT2D eigenvalue weighted by Gasteiger charge is 2.13. The number of nitrogen functional groups attached to an aromatic ring is 1. The molecule has 1 amide bonds. The van der Waals surface area contributed by atoms with E-state index in [2.05, 4.69) is 23.5 Å². The first-order chi connectivity index (χ1) is 10.2. The first-order valence-electron chi connectivity index (χ1n) is 7.62. The van der Waals surface area contributed by atoms with Crippen LogP contribution < -0.4 is 11.2 Å². The normalized spacial score (nSPS) is 16.0. The van der Waals surface area contributed by atoms with Crippen LogP contribution in [-0.4, -0.2) is 11.6 Å². The van der Waals surface area contributed by atoms with E-state index >= 15 is 0 Å². The summed E-state index contributed by atoms with van der Waals surface area (Å²) in [5.41, 5.74) is 11.8. The molecule has 112 valence electrons. The first-order valence-corrected chi connectivity index (χ1v) is 7.62. The molecule has 0 heterocycles. The summed E-state index contributed by atoms with van der Waals surface area (Å²) in [7, 11) is 0. The lowest BCUT2D eigenvalue weighted by molar-refractivity contribution is 0.0955. The van der Waals surface area contributed by atoms with E-state index < -0.39 is 0 Å². The summed E-state index contributed by atoms with van der Waals surface area (Å²) in [6.45, 7) is 2.20. The SMILES string of the molecule is CCCCCC1=CCC/C1=N/NC(=O)c1ccc(N)cc1. The first kappa shape index (κ1) is 15.3. The lowest BCUT2D eigenvalue weighted by Crippen LogP contribution is -2.19. The number of carbonyl (C=O) groups is 1. The number of allylic oxidation sites excluding steroid dienone is 2. The third-order valence-electron chi connectivity index (χ3n) is 3.66. The standard InChI is InChI=1S/C17H23N3O/c1-2-3-4-6-13-7-5-8-16(13)19-20-17(21)14-9-11-15(18)12-10-14/h7,9-12H,2-6,8,18H2,1H3,(H,20,21)/b19-16-. The number of rotatable bonds is 6. The molecule has 0 bridgehead atoms. The lowest BCUT2D eigenvalue weighted by Gasteiger charge is -2.06. The summed E-state index contributed by atoms with van der Waals surface area (Å²) in [5.74, 6) is -0.192. The highest BCUT2D eigenvalue weighted by molar-refractivity contribution is 6.03.